The second kappa shape index (κ2) is 7.37. The molecular formula is C17H25N3O2S2. The Kier molecular flexibility index (Phi) is 5.42. The van der Waals surface area contributed by atoms with Gasteiger partial charge < -0.3 is 10.2 Å². The van der Waals surface area contributed by atoms with E-state index in [0.717, 1.165) is 49.8 Å². The topological polar surface area (TPSA) is 52.6 Å². The van der Waals surface area contributed by atoms with Gasteiger partial charge in [-0.25, -0.2) is 8.42 Å². The molecule has 1 N–H and O–H groups in total. The summed E-state index contributed by atoms with van der Waals surface area (Å²) >= 11 is 5.53. The highest BCUT2D eigenvalue weighted by Gasteiger charge is 2.33. The van der Waals surface area contributed by atoms with Crippen LogP contribution in [0.3, 0.4) is 0 Å². The van der Waals surface area contributed by atoms with E-state index in [1.807, 2.05) is 0 Å². The Morgan fingerprint density at radius 1 is 1.21 bits per heavy atom. The molecule has 1 aromatic rings. The minimum atomic E-state index is -2.81. The van der Waals surface area contributed by atoms with Crippen LogP contribution in [-0.2, 0) is 16.3 Å². The molecule has 132 valence electrons. The number of nitrogens with zero attached hydrogens (tertiary/aromatic N) is 2. The summed E-state index contributed by atoms with van der Waals surface area (Å²) in [6.07, 6.45) is 1.80. The maximum Gasteiger partial charge on any atom is 0.173 e. The number of benzene rings is 1. The fraction of sp³-hybridized carbons (Fsp3) is 0.588. The molecule has 3 rings (SSSR count). The van der Waals surface area contributed by atoms with Crippen LogP contribution >= 0.6 is 12.2 Å². The number of hydrogen-bond acceptors (Lipinski definition) is 4. The van der Waals surface area contributed by atoms with E-state index in [4.69, 9.17) is 12.2 Å². The molecular weight excluding hydrogens is 342 g/mol. The molecule has 5 nitrogen and oxygen atoms in total. The van der Waals surface area contributed by atoms with Crippen molar-refractivity contribution >= 4 is 32.9 Å². The number of sulfone groups is 1. The van der Waals surface area contributed by atoms with Gasteiger partial charge in [-0.1, -0.05) is 19.1 Å². The van der Waals surface area contributed by atoms with Gasteiger partial charge in [-0.2, -0.15) is 0 Å². The van der Waals surface area contributed by atoms with Crippen molar-refractivity contribution in [3.63, 3.8) is 0 Å². The Hall–Kier alpha value is -1.18. The average molecular weight is 368 g/mol. The summed E-state index contributed by atoms with van der Waals surface area (Å²) in [7, 11) is -2.81. The lowest BCUT2D eigenvalue weighted by molar-refractivity contribution is 0.144. The van der Waals surface area contributed by atoms with Crippen molar-refractivity contribution in [2.24, 2.45) is 0 Å². The van der Waals surface area contributed by atoms with Gasteiger partial charge in [0, 0.05) is 37.9 Å². The zero-order chi connectivity index (χ0) is 17.2. The van der Waals surface area contributed by atoms with Crippen molar-refractivity contribution in [2.45, 2.75) is 25.8 Å². The third-order valence-corrected chi connectivity index (χ3v) is 7.05. The van der Waals surface area contributed by atoms with E-state index in [0.29, 0.717) is 11.5 Å². The molecule has 2 aliphatic heterocycles. The molecule has 2 saturated heterocycles. The van der Waals surface area contributed by atoms with Crippen LogP contribution in [0.4, 0.5) is 5.69 Å². The lowest BCUT2D eigenvalue weighted by atomic mass is 10.1. The summed E-state index contributed by atoms with van der Waals surface area (Å²) < 4.78 is 23.3. The summed E-state index contributed by atoms with van der Waals surface area (Å²) in [5.41, 5.74) is 2.33. The highest BCUT2D eigenvalue weighted by atomic mass is 32.2. The molecule has 24 heavy (non-hydrogen) atoms. The molecule has 7 heteroatoms. The average Bonchev–Trinajstić information content (AvgIpc) is 2.95. The minimum Gasteiger partial charge on any atom is -0.346 e. The molecule has 0 unspecified atom stereocenters. The van der Waals surface area contributed by atoms with E-state index in [9.17, 15) is 8.42 Å². The van der Waals surface area contributed by atoms with Gasteiger partial charge in [0.2, 0.25) is 0 Å². The number of aryl methyl sites for hydroxylation is 1. The van der Waals surface area contributed by atoms with Crippen molar-refractivity contribution in [1.29, 1.82) is 0 Å². The molecule has 2 heterocycles. The Morgan fingerprint density at radius 3 is 2.42 bits per heavy atom. The van der Waals surface area contributed by atoms with Crippen LogP contribution in [-0.4, -0.2) is 67.1 Å². The lowest BCUT2D eigenvalue weighted by Gasteiger charge is -2.38. The Labute approximate surface area is 149 Å². The largest absolute Gasteiger partial charge is 0.346 e. The number of thiocarbonyl (C=S) groups is 1. The van der Waals surface area contributed by atoms with E-state index in [-0.39, 0.29) is 6.04 Å². The van der Waals surface area contributed by atoms with Crippen LogP contribution in [0.1, 0.15) is 18.9 Å². The van der Waals surface area contributed by atoms with Crippen LogP contribution in [0.15, 0.2) is 24.3 Å². The Bertz CT molecular complexity index is 680. The third kappa shape index (κ3) is 4.26. The Morgan fingerprint density at radius 2 is 1.88 bits per heavy atom. The first kappa shape index (κ1) is 17.6. The van der Waals surface area contributed by atoms with E-state index in [2.05, 4.69) is 46.3 Å². The molecule has 2 fully saturated rings. The van der Waals surface area contributed by atoms with Crippen molar-refractivity contribution in [3.05, 3.63) is 29.8 Å². The van der Waals surface area contributed by atoms with Gasteiger partial charge in [0.15, 0.2) is 14.9 Å². The number of hydrogen-bond donors (Lipinski definition) is 1. The van der Waals surface area contributed by atoms with Gasteiger partial charge >= 0.3 is 0 Å². The lowest BCUT2D eigenvalue weighted by Crippen LogP contribution is -2.53. The first-order valence-electron chi connectivity index (χ1n) is 8.56. The first-order valence-corrected chi connectivity index (χ1v) is 10.8. The van der Waals surface area contributed by atoms with Crippen molar-refractivity contribution < 1.29 is 8.42 Å². The zero-order valence-corrected chi connectivity index (χ0v) is 15.7. The third-order valence-electron chi connectivity index (χ3n) is 4.94. The van der Waals surface area contributed by atoms with Crippen LogP contribution in [0.2, 0.25) is 0 Å². The van der Waals surface area contributed by atoms with Gasteiger partial charge in [-0.05, 0) is 42.8 Å². The summed E-state index contributed by atoms with van der Waals surface area (Å²) in [5.74, 6) is 0.658. The summed E-state index contributed by atoms with van der Waals surface area (Å²) in [6.45, 7) is 5.57. The normalized spacial score (nSPS) is 24.0. The number of piperazine rings is 1. The molecule has 0 aliphatic carbocycles. The van der Waals surface area contributed by atoms with Gasteiger partial charge in [-0.3, -0.25) is 4.90 Å². The second-order valence-corrected chi connectivity index (χ2v) is 9.18. The van der Waals surface area contributed by atoms with Gasteiger partial charge in [-0.15, -0.1) is 0 Å². The minimum absolute atomic E-state index is 0.195. The zero-order valence-electron chi connectivity index (χ0n) is 14.1. The van der Waals surface area contributed by atoms with E-state index in [1.165, 1.54) is 5.56 Å². The van der Waals surface area contributed by atoms with Crippen LogP contribution in [0.5, 0.6) is 0 Å². The van der Waals surface area contributed by atoms with E-state index < -0.39 is 9.84 Å². The van der Waals surface area contributed by atoms with E-state index >= 15 is 0 Å². The van der Waals surface area contributed by atoms with Gasteiger partial charge in [0.1, 0.15) is 0 Å². The smallest absolute Gasteiger partial charge is 0.173 e. The first-order chi connectivity index (χ1) is 11.5. The highest BCUT2D eigenvalue weighted by molar-refractivity contribution is 7.91. The number of anilines is 1. The highest BCUT2D eigenvalue weighted by Crippen LogP contribution is 2.19. The van der Waals surface area contributed by atoms with Gasteiger partial charge in [0.25, 0.3) is 0 Å². The fourth-order valence-corrected chi connectivity index (χ4v) is 5.44. The second-order valence-electron chi connectivity index (χ2n) is 6.56. The monoisotopic (exact) mass is 367 g/mol. The maximum atomic E-state index is 11.6. The molecule has 0 spiro atoms. The number of nitrogens with one attached hydrogen (secondary N) is 1. The summed E-state index contributed by atoms with van der Waals surface area (Å²) in [6, 6.07) is 8.54. The molecule has 2 aliphatic rings. The standard InChI is InChI=1S/C17H25N3O2S2/c1-2-14-3-5-15(6-4-14)18-17(23)20-10-8-19(9-11-20)16-7-12-24(21,22)13-16/h3-6,16H,2,7-13H2,1H3,(H,18,23)/t16-/m0/s1. The number of rotatable bonds is 3. The van der Waals surface area contributed by atoms with Crippen molar-refractivity contribution in [3.8, 4) is 0 Å². The summed E-state index contributed by atoms with van der Waals surface area (Å²) in [4.78, 5) is 4.47. The van der Waals surface area contributed by atoms with Crippen LogP contribution < -0.4 is 5.32 Å². The van der Waals surface area contributed by atoms with Gasteiger partial charge in [0.05, 0.1) is 11.5 Å². The van der Waals surface area contributed by atoms with Crippen LogP contribution in [0.25, 0.3) is 0 Å². The van der Waals surface area contributed by atoms with Crippen molar-refractivity contribution in [1.82, 2.24) is 9.80 Å². The molecule has 1 atom stereocenters. The SMILES string of the molecule is CCc1ccc(NC(=S)N2CCN([C@H]3CCS(=O)(=O)C3)CC2)cc1. The molecule has 0 bridgehead atoms. The predicted octanol–water partition coefficient (Wildman–Crippen LogP) is 1.75. The van der Waals surface area contributed by atoms with Crippen LogP contribution in [0, 0.1) is 0 Å². The molecule has 0 saturated carbocycles. The maximum absolute atomic E-state index is 11.6. The van der Waals surface area contributed by atoms with E-state index in [1.54, 1.807) is 0 Å². The molecule has 0 amide bonds. The molecule has 1 aromatic carbocycles. The predicted molar refractivity (Wildman–Crippen MR) is 102 cm³/mol. The fourth-order valence-electron chi connectivity index (χ4n) is 3.38. The molecule has 0 radical (unpaired) electrons. The summed E-state index contributed by atoms with van der Waals surface area (Å²) in [5, 5.41) is 4.05. The quantitative estimate of drug-likeness (QED) is 0.822. The molecule has 0 aromatic heterocycles. The van der Waals surface area contributed by atoms with Crippen molar-refractivity contribution in [2.75, 3.05) is 43.0 Å². The Balaban J connectivity index is 1.49.